The van der Waals surface area contributed by atoms with Gasteiger partial charge in [-0.15, -0.1) is 0 Å². The van der Waals surface area contributed by atoms with E-state index in [9.17, 15) is 22.8 Å². The number of aryl methyl sites for hydroxylation is 1. The third kappa shape index (κ3) is 6.06. The average Bonchev–Trinajstić information content (AvgIpc) is 2.71. The molecule has 2 atom stereocenters. The monoisotopic (exact) mass is 409 g/mol. The minimum absolute atomic E-state index is 0.0619. The molecular weight excluding hydrogens is 379 g/mol. The van der Waals surface area contributed by atoms with Gasteiger partial charge in [-0.05, 0) is 62.1 Å². The van der Waals surface area contributed by atoms with Crippen LogP contribution in [0.4, 0.5) is 13.2 Å². The molecule has 29 heavy (non-hydrogen) atoms. The van der Waals surface area contributed by atoms with E-state index in [-0.39, 0.29) is 11.7 Å². The Bertz CT molecular complexity index is 697. The van der Waals surface area contributed by atoms with Crippen LogP contribution in [0.15, 0.2) is 24.3 Å². The molecule has 0 N–H and O–H groups in total. The van der Waals surface area contributed by atoms with E-state index >= 15 is 0 Å². The van der Waals surface area contributed by atoms with Crippen molar-refractivity contribution in [3.63, 3.8) is 0 Å². The SMILES string of the molecule is O=C(CCCC(=O)N1CCCC2CCCCC21)CCc1ccc(C(F)(F)F)cc1. The summed E-state index contributed by atoms with van der Waals surface area (Å²) in [5.41, 5.74) is 0.0445. The van der Waals surface area contributed by atoms with E-state index in [4.69, 9.17) is 0 Å². The molecule has 1 amide bonds. The maximum atomic E-state index is 12.6. The second-order valence-electron chi connectivity index (χ2n) is 8.43. The summed E-state index contributed by atoms with van der Waals surface area (Å²) >= 11 is 0. The molecule has 1 aromatic carbocycles. The maximum Gasteiger partial charge on any atom is 0.416 e. The lowest BCUT2D eigenvalue weighted by molar-refractivity contribution is -0.138. The molecule has 2 aliphatic rings. The molecule has 1 aliphatic heterocycles. The van der Waals surface area contributed by atoms with Crippen molar-refractivity contribution in [3.05, 3.63) is 35.4 Å². The highest BCUT2D eigenvalue weighted by atomic mass is 19.4. The Morgan fingerprint density at radius 1 is 0.931 bits per heavy atom. The quantitative estimate of drug-likeness (QED) is 0.591. The third-order valence-corrected chi connectivity index (χ3v) is 6.38. The first-order chi connectivity index (χ1) is 13.8. The predicted molar refractivity (Wildman–Crippen MR) is 105 cm³/mol. The number of rotatable bonds is 7. The lowest BCUT2D eigenvalue weighted by Crippen LogP contribution is -2.49. The number of benzene rings is 1. The fraction of sp³-hybridized carbons (Fsp3) is 0.652. The van der Waals surface area contributed by atoms with Gasteiger partial charge in [0.1, 0.15) is 5.78 Å². The number of hydrogen-bond acceptors (Lipinski definition) is 2. The number of nitrogens with zero attached hydrogens (tertiary/aromatic N) is 1. The summed E-state index contributed by atoms with van der Waals surface area (Å²) < 4.78 is 37.7. The number of fused-ring (bicyclic) bond motifs is 1. The number of ketones is 1. The Kier molecular flexibility index (Phi) is 7.36. The Morgan fingerprint density at radius 2 is 1.62 bits per heavy atom. The van der Waals surface area contributed by atoms with E-state index in [0.29, 0.717) is 44.1 Å². The fourth-order valence-electron chi connectivity index (χ4n) is 4.78. The molecule has 3 rings (SSSR count). The zero-order valence-corrected chi connectivity index (χ0v) is 16.8. The van der Waals surface area contributed by atoms with E-state index in [2.05, 4.69) is 4.90 Å². The van der Waals surface area contributed by atoms with Crippen LogP contribution in [0.5, 0.6) is 0 Å². The van der Waals surface area contributed by atoms with Gasteiger partial charge in [-0.3, -0.25) is 9.59 Å². The molecule has 6 heteroatoms. The molecule has 160 valence electrons. The molecule has 0 aromatic heterocycles. The molecule has 1 aliphatic carbocycles. The molecule has 1 heterocycles. The second-order valence-corrected chi connectivity index (χ2v) is 8.43. The molecule has 1 aromatic rings. The summed E-state index contributed by atoms with van der Waals surface area (Å²) in [6, 6.07) is 5.36. The van der Waals surface area contributed by atoms with Crippen LogP contribution < -0.4 is 0 Å². The summed E-state index contributed by atoms with van der Waals surface area (Å²) in [6.45, 7) is 0.849. The predicted octanol–water partition coefficient (Wildman–Crippen LogP) is 5.56. The lowest BCUT2D eigenvalue weighted by atomic mass is 9.78. The first-order valence-electron chi connectivity index (χ1n) is 10.8. The number of amides is 1. The van der Waals surface area contributed by atoms with Gasteiger partial charge in [0.2, 0.25) is 5.91 Å². The highest BCUT2D eigenvalue weighted by molar-refractivity contribution is 5.80. The van der Waals surface area contributed by atoms with Gasteiger partial charge in [0.05, 0.1) is 5.56 Å². The van der Waals surface area contributed by atoms with Crippen LogP contribution in [0, 0.1) is 5.92 Å². The first kappa shape index (κ1) is 21.8. The van der Waals surface area contributed by atoms with Crippen molar-refractivity contribution in [2.75, 3.05) is 6.54 Å². The molecule has 0 bridgehead atoms. The number of alkyl halides is 3. The minimum atomic E-state index is -4.34. The number of likely N-dealkylation sites (tertiary alicyclic amines) is 1. The normalized spacial score (nSPS) is 22.2. The van der Waals surface area contributed by atoms with Crippen molar-refractivity contribution < 1.29 is 22.8 Å². The molecule has 0 spiro atoms. The van der Waals surface area contributed by atoms with Crippen LogP contribution in [0.3, 0.4) is 0 Å². The molecular formula is C23H30F3NO2. The maximum absolute atomic E-state index is 12.6. The molecule has 1 saturated carbocycles. The second kappa shape index (κ2) is 9.77. The molecule has 3 nitrogen and oxygen atoms in total. The van der Waals surface area contributed by atoms with E-state index in [1.165, 1.54) is 37.8 Å². The van der Waals surface area contributed by atoms with Gasteiger partial charge in [0.15, 0.2) is 0 Å². The summed E-state index contributed by atoms with van der Waals surface area (Å²) in [7, 11) is 0. The molecule has 0 radical (unpaired) electrons. The van der Waals surface area contributed by atoms with Crippen molar-refractivity contribution in [2.24, 2.45) is 5.92 Å². The Labute approximate surface area is 170 Å². The van der Waals surface area contributed by atoms with Crippen LogP contribution in [-0.4, -0.2) is 29.2 Å². The number of hydrogen-bond donors (Lipinski definition) is 0. The van der Waals surface area contributed by atoms with Crippen molar-refractivity contribution in [1.29, 1.82) is 0 Å². The van der Waals surface area contributed by atoms with Gasteiger partial charge in [0, 0.05) is 31.8 Å². The zero-order valence-electron chi connectivity index (χ0n) is 16.8. The van der Waals surface area contributed by atoms with E-state index in [1.807, 2.05) is 0 Å². The van der Waals surface area contributed by atoms with Crippen LogP contribution in [0.25, 0.3) is 0 Å². The van der Waals surface area contributed by atoms with Gasteiger partial charge in [0.25, 0.3) is 0 Å². The van der Waals surface area contributed by atoms with Crippen LogP contribution in [0.2, 0.25) is 0 Å². The zero-order chi connectivity index (χ0) is 20.9. The minimum Gasteiger partial charge on any atom is -0.339 e. The van der Waals surface area contributed by atoms with Crippen molar-refractivity contribution >= 4 is 11.7 Å². The standard InChI is InChI=1S/C23H30F3NO2/c24-23(25,26)19-13-10-17(11-14-19)12-15-20(28)7-3-9-22(29)27-16-4-6-18-5-1-2-8-21(18)27/h10-11,13-14,18,21H,1-9,12,15-16H2. The average molecular weight is 409 g/mol. The van der Waals surface area contributed by atoms with Gasteiger partial charge < -0.3 is 4.90 Å². The van der Waals surface area contributed by atoms with Gasteiger partial charge >= 0.3 is 6.18 Å². The first-order valence-corrected chi connectivity index (χ1v) is 10.8. The molecule has 2 unspecified atom stereocenters. The Morgan fingerprint density at radius 3 is 2.34 bits per heavy atom. The highest BCUT2D eigenvalue weighted by Crippen LogP contribution is 2.35. The number of Topliss-reactive ketones (excluding diaryl/α,β-unsaturated/α-hetero) is 1. The van der Waals surface area contributed by atoms with E-state index in [1.54, 1.807) is 0 Å². The summed E-state index contributed by atoms with van der Waals surface area (Å²) in [5.74, 6) is 0.899. The summed E-state index contributed by atoms with van der Waals surface area (Å²) in [6.07, 6.45) is 4.85. The van der Waals surface area contributed by atoms with Gasteiger partial charge in [-0.1, -0.05) is 25.0 Å². The van der Waals surface area contributed by atoms with Crippen molar-refractivity contribution in [2.45, 2.75) is 82.8 Å². The van der Waals surface area contributed by atoms with Gasteiger partial charge in [-0.2, -0.15) is 13.2 Å². The van der Waals surface area contributed by atoms with E-state index in [0.717, 1.165) is 37.1 Å². The molecule has 1 saturated heterocycles. The smallest absolute Gasteiger partial charge is 0.339 e. The Balaban J connectivity index is 1.38. The van der Waals surface area contributed by atoms with Gasteiger partial charge in [-0.25, -0.2) is 0 Å². The van der Waals surface area contributed by atoms with Crippen LogP contribution in [-0.2, 0) is 22.2 Å². The van der Waals surface area contributed by atoms with Crippen molar-refractivity contribution in [3.8, 4) is 0 Å². The molecule has 2 fully saturated rings. The largest absolute Gasteiger partial charge is 0.416 e. The topological polar surface area (TPSA) is 37.4 Å². The number of piperidine rings is 1. The van der Waals surface area contributed by atoms with E-state index < -0.39 is 11.7 Å². The third-order valence-electron chi connectivity index (χ3n) is 6.38. The highest BCUT2D eigenvalue weighted by Gasteiger charge is 2.35. The summed E-state index contributed by atoms with van der Waals surface area (Å²) in [5, 5.41) is 0. The summed E-state index contributed by atoms with van der Waals surface area (Å²) in [4.78, 5) is 26.8. The van der Waals surface area contributed by atoms with Crippen molar-refractivity contribution in [1.82, 2.24) is 4.90 Å². The number of carbonyl (C=O) groups excluding carboxylic acids is 2. The van der Waals surface area contributed by atoms with Crippen LogP contribution >= 0.6 is 0 Å². The number of carbonyl (C=O) groups is 2. The fourth-order valence-corrected chi connectivity index (χ4v) is 4.78. The Hall–Kier alpha value is -1.85. The lowest BCUT2D eigenvalue weighted by Gasteiger charge is -2.44. The number of halogens is 3. The van der Waals surface area contributed by atoms with Crippen LogP contribution in [0.1, 0.15) is 75.3 Å².